The van der Waals surface area contributed by atoms with E-state index in [1.807, 2.05) is 0 Å². The Morgan fingerprint density at radius 1 is 1.63 bits per heavy atom. The lowest BCUT2D eigenvalue weighted by Crippen LogP contribution is -2.35. The quantitative estimate of drug-likeness (QED) is 0.894. The molecule has 2 fully saturated rings. The molecule has 0 unspecified atom stereocenters. The van der Waals surface area contributed by atoms with Crippen LogP contribution in [0.4, 0.5) is 5.82 Å². The number of hydrogen-bond acceptors (Lipinski definition) is 3. The van der Waals surface area contributed by atoms with E-state index < -0.39 is 11.4 Å². The molecule has 4 nitrogen and oxygen atoms in total. The third kappa shape index (κ3) is 2.03. The van der Waals surface area contributed by atoms with Crippen molar-refractivity contribution in [3.05, 3.63) is 21.8 Å². The molecule has 0 spiro atoms. The van der Waals surface area contributed by atoms with Crippen molar-refractivity contribution in [1.29, 1.82) is 0 Å². The molecule has 0 aromatic carbocycles. The highest BCUT2D eigenvalue weighted by atomic mass is 79.9. The van der Waals surface area contributed by atoms with Crippen LogP contribution in [0.15, 0.2) is 16.7 Å². The summed E-state index contributed by atoms with van der Waals surface area (Å²) in [5, 5.41) is 10.1. The molecular weight excluding hydrogens is 332 g/mol. The van der Waals surface area contributed by atoms with E-state index >= 15 is 0 Å². The number of carboxylic acids is 1. The smallest absolute Gasteiger partial charge is 0.311 e. The van der Waals surface area contributed by atoms with Gasteiger partial charge in [0.05, 0.1) is 14.9 Å². The second-order valence-corrected chi connectivity index (χ2v) is 6.68. The van der Waals surface area contributed by atoms with Gasteiger partial charge in [0.1, 0.15) is 5.82 Å². The fraction of sp³-hybridized carbons (Fsp3) is 0.538. The van der Waals surface area contributed by atoms with Gasteiger partial charge in [0.15, 0.2) is 0 Å². The predicted molar refractivity (Wildman–Crippen MR) is 76.6 cm³/mol. The van der Waals surface area contributed by atoms with Crippen LogP contribution < -0.4 is 4.90 Å². The molecule has 1 aromatic rings. The lowest BCUT2D eigenvalue weighted by atomic mass is 9.81. The monoisotopic (exact) mass is 344 g/mol. The van der Waals surface area contributed by atoms with E-state index in [9.17, 15) is 9.90 Å². The molecule has 6 heteroatoms. The number of rotatable bonds is 2. The molecule has 0 radical (unpaired) electrons. The average Bonchev–Trinajstić information content (AvgIpc) is 2.85. The molecule has 1 aliphatic carbocycles. The van der Waals surface area contributed by atoms with Gasteiger partial charge >= 0.3 is 5.97 Å². The summed E-state index contributed by atoms with van der Waals surface area (Å²) in [6.45, 7) is 1.31. The van der Waals surface area contributed by atoms with Gasteiger partial charge in [0, 0.05) is 19.3 Å². The lowest BCUT2D eigenvalue weighted by Gasteiger charge is -2.24. The second kappa shape index (κ2) is 4.63. The molecule has 1 saturated heterocycles. The number of carboxylic acid groups (broad SMARTS) is 1. The zero-order valence-corrected chi connectivity index (χ0v) is 12.6. The Kier molecular flexibility index (Phi) is 3.21. The fourth-order valence-electron chi connectivity index (χ4n) is 3.44. The highest BCUT2D eigenvalue weighted by molar-refractivity contribution is 9.10. The van der Waals surface area contributed by atoms with Crippen LogP contribution in [-0.2, 0) is 4.79 Å². The molecule has 19 heavy (non-hydrogen) atoms. The Balaban J connectivity index is 1.91. The fourth-order valence-corrected chi connectivity index (χ4v) is 4.33. The lowest BCUT2D eigenvalue weighted by molar-refractivity contribution is -0.149. The van der Waals surface area contributed by atoms with Crippen LogP contribution in [0.25, 0.3) is 0 Å². The predicted octanol–water partition coefficient (Wildman–Crippen LogP) is 3.19. The molecule has 3 rings (SSSR count). The van der Waals surface area contributed by atoms with Crippen LogP contribution in [0.2, 0.25) is 5.02 Å². The first kappa shape index (κ1) is 13.2. The van der Waals surface area contributed by atoms with Crippen LogP contribution in [0.1, 0.15) is 19.3 Å². The number of anilines is 1. The Morgan fingerprint density at radius 2 is 2.42 bits per heavy atom. The van der Waals surface area contributed by atoms with Gasteiger partial charge in [0.2, 0.25) is 0 Å². The van der Waals surface area contributed by atoms with Crippen molar-refractivity contribution in [2.24, 2.45) is 11.3 Å². The largest absolute Gasteiger partial charge is 0.481 e. The Bertz CT molecular complexity index is 539. The average molecular weight is 346 g/mol. The van der Waals surface area contributed by atoms with E-state index in [0.29, 0.717) is 11.6 Å². The van der Waals surface area contributed by atoms with Crippen molar-refractivity contribution in [2.75, 3.05) is 18.0 Å². The maximum Gasteiger partial charge on any atom is 0.311 e. The van der Waals surface area contributed by atoms with Crippen molar-refractivity contribution in [2.45, 2.75) is 19.3 Å². The summed E-state index contributed by atoms with van der Waals surface area (Å²) in [5.41, 5.74) is -0.583. The van der Waals surface area contributed by atoms with Gasteiger partial charge in [-0.05, 0) is 40.8 Å². The van der Waals surface area contributed by atoms with Crippen molar-refractivity contribution in [1.82, 2.24) is 4.98 Å². The first-order valence-electron chi connectivity index (χ1n) is 6.32. The summed E-state index contributed by atoms with van der Waals surface area (Å²) in [7, 11) is 0. The zero-order chi connectivity index (χ0) is 13.6. The van der Waals surface area contributed by atoms with Crippen molar-refractivity contribution >= 4 is 39.3 Å². The van der Waals surface area contributed by atoms with Gasteiger partial charge < -0.3 is 10.0 Å². The summed E-state index contributed by atoms with van der Waals surface area (Å²) >= 11 is 9.35. The number of hydrogen-bond donors (Lipinski definition) is 1. The summed E-state index contributed by atoms with van der Waals surface area (Å²) in [6.07, 6.45) is 4.38. The van der Waals surface area contributed by atoms with Gasteiger partial charge in [-0.25, -0.2) is 4.98 Å². The van der Waals surface area contributed by atoms with Crippen LogP contribution in [0, 0.1) is 11.3 Å². The first-order valence-corrected chi connectivity index (χ1v) is 7.49. The molecule has 102 valence electrons. The highest BCUT2D eigenvalue weighted by Crippen LogP contribution is 2.50. The molecule has 1 saturated carbocycles. The van der Waals surface area contributed by atoms with E-state index in [-0.39, 0.29) is 5.92 Å². The third-order valence-electron chi connectivity index (χ3n) is 4.38. The first-order chi connectivity index (χ1) is 9.03. The normalized spacial score (nSPS) is 29.6. The molecule has 2 atom stereocenters. The molecule has 1 aliphatic heterocycles. The van der Waals surface area contributed by atoms with Crippen LogP contribution in [-0.4, -0.2) is 29.1 Å². The number of nitrogens with zero attached hydrogens (tertiary/aromatic N) is 2. The van der Waals surface area contributed by atoms with Crippen molar-refractivity contribution in [3.63, 3.8) is 0 Å². The molecular formula is C13H14BrClN2O2. The zero-order valence-electron chi connectivity index (χ0n) is 10.3. The van der Waals surface area contributed by atoms with E-state index in [1.165, 1.54) is 0 Å². The second-order valence-electron chi connectivity index (χ2n) is 5.39. The van der Waals surface area contributed by atoms with Gasteiger partial charge in [0.25, 0.3) is 0 Å². The Morgan fingerprint density at radius 3 is 3.05 bits per heavy atom. The van der Waals surface area contributed by atoms with E-state index in [2.05, 4.69) is 25.8 Å². The maximum absolute atomic E-state index is 11.6. The van der Waals surface area contributed by atoms with E-state index in [0.717, 1.165) is 36.1 Å². The molecule has 0 bridgehead atoms. The molecule has 0 amide bonds. The number of aromatic nitrogens is 1. The number of carbonyl (C=O) groups is 1. The standard InChI is InChI=1S/C13H14BrClN2O2/c14-10-4-9(15)5-16-11(10)17-6-8-2-1-3-13(8,7-17)12(18)19/h4-5,8H,1-3,6-7H2,(H,18,19)/t8-,13+/m0/s1. The minimum atomic E-state index is -0.664. The summed E-state index contributed by atoms with van der Waals surface area (Å²) in [4.78, 5) is 18.0. The number of pyridine rings is 1. The minimum absolute atomic E-state index is 0.231. The van der Waals surface area contributed by atoms with Gasteiger partial charge in [-0.3, -0.25) is 4.79 Å². The number of halogens is 2. The van der Waals surface area contributed by atoms with Crippen molar-refractivity contribution in [3.8, 4) is 0 Å². The SMILES string of the molecule is O=C(O)[C@@]12CCC[C@H]1CN(c1ncc(Cl)cc1Br)C2. The maximum atomic E-state index is 11.6. The summed E-state index contributed by atoms with van der Waals surface area (Å²) in [5.74, 6) is 0.358. The van der Waals surface area contributed by atoms with E-state index in [4.69, 9.17) is 11.6 Å². The van der Waals surface area contributed by atoms with Gasteiger partial charge in [-0.2, -0.15) is 0 Å². The number of aliphatic carboxylic acids is 1. The summed E-state index contributed by atoms with van der Waals surface area (Å²) < 4.78 is 0.820. The van der Waals surface area contributed by atoms with Gasteiger partial charge in [-0.1, -0.05) is 18.0 Å². The molecule has 1 N–H and O–H groups in total. The minimum Gasteiger partial charge on any atom is -0.481 e. The molecule has 1 aromatic heterocycles. The number of fused-ring (bicyclic) bond motifs is 1. The van der Waals surface area contributed by atoms with Crippen LogP contribution >= 0.6 is 27.5 Å². The van der Waals surface area contributed by atoms with Crippen LogP contribution in [0.3, 0.4) is 0 Å². The van der Waals surface area contributed by atoms with Crippen LogP contribution in [0.5, 0.6) is 0 Å². The molecule has 2 aliphatic rings. The van der Waals surface area contributed by atoms with Gasteiger partial charge in [-0.15, -0.1) is 0 Å². The topological polar surface area (TPSA) is 53.4 Å². The third-order valence-corrected chi connectivity index (χ3v) is 5.17. The van der Waals surface area contributed by atoms with E-state index in [1.54, 1.807) is 12.3 Å². The highest BCUT2D eigenvalue weighted by Gasteiger charge is 2.55. The Hall–Kier alpha value is -0.810. The molecule has 2 heterocycles. The van der Waals surface area contributed by atoms with Crippen molar-refractivity contribution < 1.29 is 9.90 Å². The Labute approximate surface area is 124 Å². The summed E-state index contributed by atoms with van der Waals surface area (Å²) in [6, 6.07) is 1.80.